The third kappa shape index (κ3) is 3.33. The number of hydrogen-bond acceptors (Lipinski definition) is 4. The summed E-state index contributed by atoms with van der Waals surface area (Å²) >= 11 is 0. The van der Waals surface area contributed by atoms with Crippen LogP contribution >= 0.6 is 0 Å². The number of anilines is 1. The van der Waals surface area contributed by atoms with Crippen LogP contribution in [0.3, 0.4) is 0 Å². The van der Waals surface area contributed by atoms with E-state index in [1.807, 2.05) is 44.2 Å². The van der Waals surface area contributed by atoms with Crippen LogP contribution in [0.5, 0.6) is 0 Å². The van der Waals surface area contributed by atoms with Gasteiger partial charge in [-0.3, -0.25) is 4.79 Å². The number of benzene rings is 1. The highest BCUT2D eigenvalue weighted by atomic mass is 16.1. The van der Waals surface area contributed by atoms with Crippen LogP contribution in [0.4, 0.5) is 5.82 Å². The van der Waals surface area contributed by atoms with Gasteiger partial charge in [0.1, 0.15) is 5.82 Å². The van der Waals surface area contributed by atoms with Crippen molar-refractivity contribution in [2.24, 2.45) is 5.92 Å². The Bertz CT molecular complexity index is 786. The number of pyridine rings is 1. The van der Waals surface area contributed by atoms with Crippen molar-refractivity contribution in [2.75, 3.05) is 18.0 Å². The molecule has 1 saturated heterocycles. The molecule has 1 aliphatic heterocycles. The van der Waals surface area contributed by atoms with E-state index >= 15 is 0 Å². The second kappa shape index (κ2) is 6.88. The maximum absolute atomic E-state index is 11.8. The van der Waals surface area contributed by atoms with Crippen LogP contribution in [-0.4, -0.2) is 30.0 Å². The van der Waals surface area contributed by atoms with E-state index in [4.69, 9.17) is 4.98 Å². The van der Waals surface area contributed by atoms with Gasteiger partial charge in [0.15, 0.2) is 0 Å². The second-order valence-electron chi connectivity index (χ2n) is 6.58. The maximum atomic E-state index is 11.8. The zero-order valence-corrected chi connectivity index (χ0v) is 14.1. The molecule has 124 valence electrons. The molecule has 1 N–H and O–H groups in total. The van der Waals surface area contributed by atoms with Crippen LogP contribution in [0.2, 0.25) is 0 Å². The lowest BCUT2D eigenvalue weighted by molar-refractivity contribution is -0.124. The molecule has 0 radical (unpaired) electrons. The van der Waals surface area contributed by atoms with E-state index in [0.29, 0.717) is 5.56 Å². The minimum absolute atomic E-state index is 0.0170. The van der Waals surface area contributed by atoms with E-state index in [1.54, 1.807) is 0 Å². The first-order chi connectivity index (χ1) is 11.6. The van der Waals surface area contributed by atoms with Gasteiger partial charge in [-0.05, 0) is 25.0 Å². The number of piperidine rings is 1. The van der Waals surface area contributed by atoms with Crippen LogP contribution in [0.1, 0.15) is 32.3 Å². The Balaban J connectivity index is 1.74. The highest BCUT2D eigenvalue weighted by Crippen LogP contribution is 2.24. The number of nitrogens with one attached hydrogen (secondary N) is 1. The summed E-state index contributed by atoms with van der Waals surface area (Å²) in [6, 6.07) is 12.1. The molecule has 5 nitrogen and oxygen atoms in total. The first-order valence-electron chi connectivity index (χ1n) is 8.43. The molecule has 1 aliphatic rings. The average Bonchev–Trinajstić information content (AvgIpc) is 2.61. The normalized spacial score (nSPS) is 15.5. The summed E-state index contributed by atoms with van der Waals surface area (Å²) in [7, 11) is 0. The average molecular weight is 322 g/mol. The van der Waals surface area contributed by atoms with Crippen LogP contribution in [0.25, 0.3) is 10.9 Å². The minimum atomic E-state index is 0.0170. The minimum Gasteiger partial charge on any atom is -0.356 e. The summed E-state index contributed by atoms with van der Waals surface area (Å²) in [4.78, 5) is 18.7. The number of nitrogens with zero attached hydrogens (tertiary/aromatic N) is 3. The first-order valence-corrected chi connectivity index (χ1v) is 8.43. The molecule has 24 heavy (non-hydrogen) atoms. The van der Waals surface area contributed by atoms with Gasteiger partial charge in [-0.25, -0.2) is 4.98 Å². The molecule has 0 bridgehead atoms. The van der Waals surface area contributed by atoms with Gasteiger partial charge >= 0.3 is 0 Å². The van der Waals surface area contributed by atoms with E-state index in [0.717, 1.165) is 42.7 Å². The molecule has 0 saturated carbocycles. The molecule has 2 heterocycles. The lowest BCUT2D eigenvalue weighted by Crippen LogP contribution is -2.46. The fourth-order valence-corrected chi connectivity index (χ4v) is 3.04. The molecule has 3 rings (SSSR count). The Morgan fingerprint density at radius 2 is 2.04 bits per heavy atom. The quantitative estimate of drug-likeness (QED) is 0.943. The molecule has 0 unspecified atom stereocenters. The number of aromatic nitrogens is 1. The summed E-state index contributed by atoms with van der Waals surface area (Å²) in [6.07, 6.45) is 1.80. The fraction of sp³-hybridized carbons (Fsp3) is 0.421. The third-order valence-electron chi connectivity index (χ3n) is 4.51. The maximum Gasteiger partial charge on any atom is 0.222 e. The van der Waals surface area contributed by atoms with Gasteiger partial charge in [-0.2, -0.15) is 5.26 Å². The lowest BCUT2D eigenvalue weighted by atomic mass is 10.0. The predicted molar refractivity (Wildman–Crippen MR) is 94.7 cm³/mol. The standard InChI is InChI=1S/C19H22N4O/c1-13(2)19(24)21-15-7-9-23(10-8-15)18-11-14(12-20)16-5-3-4-6-17(16)22-18/h3-6,11,13,15H,7-10H2,1-2H3,(H,21,24). The SMILES string of the molecule is CC(C)C(=O)NC1CCN(c2cc(C#N)c3ccccc3n2)CC1. The molecule has 1 fully saturated rings. The van der Waals surface area contributed by atoms with E-state index in [-0.39, 0.29) is 17.9 Å². The van der Waals surface area contributed by atoms with Crippen molar-refractivity contribution in [1.29, 1.82) is 5.26 Å². The lowest BCUT2D eigenvalue weighted by Gasteiger charge is -2.33. The van der Waals surface area contributed by atoms with Crippen molar-refractivity contribution in [3.05, 3.63) is 35.9 Å². The monoisotopic (exact) mass is 322 g/mol. The molecule has 0 spiro atoms. The molecular formula is C19H22N4O. The molecule has 1 aromatic carbocycles. The number of hydrogen-bond donors (Lipinski definition) is 1. The van der Waals surface area contributed by atoms with Crippen LogP contribution in [0, 0.1) is 17.2 Å². The number of rotatable bonds is 3. The van der Waals surface area contributed by atoms with Crippen molar-refractivity contribution in [2.45, 2.75) is 32.7 Å². The van der Waals surface area contributed by atoms with Crippen molar-refractivity contribution < 1.29 is 4.79 Å². The van der Waals surface area contributed by atoms with Crippen molar-refractivity contribution >= 4 is 22.6 Å². The molecule has 0 aliphatic carbocycles. The zero-order chi connectivity index (χ0) is 17.1. The Morgan fingerprint density at radius 1 is 1.33 bits per heavy atom. The Hall–Kier alpha value is -2.61. The molecule has 0 atom stereocenters. The summed E-state index contributed by atoms with van der Waals surface area (Å²) in [5, 5.41) is 13.4. The van der Waals surface area contributed by atoms with E-state index < -0.39 is 0 Å². The molecular weight excluding hydrogens is 300 g/mol. The summed E-state index contributed by atoms with van der Waals surface area (Å²) < 4.78 is 0. The molecule has 2 aromatic rings. The predicted octanol–water partition coefficient (Wildman–Crippen LogP) is 2.85. The number of fused-ring (bicyclic) bond motifs is 1. The van der Waals surface area contributed by atoms with Crippen molar-refractivity contribution in [3.63, 3.8) is 0 Å². The van der Waals surface area contributed by atoms with Gasteiger partial charge in [0.05, 0.1) is 17.1 Å². The van der Waals surface area contributed by atoms with Crippen LogP contribution in [0.15, 0.2) is 30.3 Å². The first kappa shape index (κ1) is 16.3. The van der Waals surface area contributed by atoms with Crippen LogP contribution in [-0.2, 0) is 4.79 Å². The van der Waals surface area contributed by atoms with Crippen molar-refractivity contribution in [1.82, 2.24) is 10.3 Å². The fourth-order valence-electron chi connectivity index (χ4n) is 3.04. The number of carbonyl (C=O) groups is 1. The Morgan fingerprint density at radius 3 is 2.71 bits per heavy atom. The van der Waals surface area contributed by atoms with Gasteiger partial charge in [0.2, 0.25) is 5.91 Å². The molecule has 5 heteroatoms. The highest BCUT2D eigenvalue weighted by molar-refractivity contribution is 5.86. The number of amides is 1. The second-order valence-corrected chi connectivity index (χ2v) is 6.58. The van der Waals surface area contributed by atoms with Crippen LogP contribution < -0.4 is 10.2 Å². The van der Waals surface area contributed by atoms with E-state index in [1.165, 1.54) is 0 Å². The third-order valence-corrected chi connectivity index (χ3v) is 4.51. The van der Waals surface area contributed by atoms with E-state index in [9.17, 15) is 10.1 Å². The summed E-state index contributed by atoms with van der Waals surface area (Å²) in [5.41, 5.74) is 1.51. The summed E-state index contributed by atoms with van der Waals surface area (Å²) in [5.74, 6) is 0.978. The van der Waals surface area contributed by atoms with Gasteiger partial charge < -0.3 is 10.2 Å². The molecule has 1 amide bonds. The number of para-hydroxylation sites is 1. The zero-order valence-electron chi connectivity index (χ0n) is 14.1. The molecule has 1 aromatic heterocycles. The number of carbonyl (C=O) groups excluding carboxylic acids is 1. The Kier molecular flexibility index (Phi) is 4.66. The summed E-state index contributed by atoms with van der Waals surface area (Å²) in [6.45, 7) is 5.48. The van der Waals surface area contributed by atoms with Gasteiger partial charge in [-0.15, -0.1) is 0 Å². The smallest absolute Gasteiger partial charge is 0.222 e. The van der Waals surface area contributed by atoms with Crippen molar-refractivity contribution in [3.8, 4) is 6.07 Å². The Labute approximate surface area is 142 Å². The number of nitriles is 1. The van der Waals surface area contributed by atoms with Gasteiger partial charge in [0, 0.05) is 30.4 Å². The van der Waals surface area contributed by atoms with E-state index in [2.05, 4.69) is 16.3 Å². The largest absolute Gasteiger partial charge is 0.356 e. The van der Waals surface area contributed by atoms with Gasteiger partial charge in [0.25, 0.3) is 0 Å². The highest BCUT2D eigenvalue weighted by Gasteiger charge is 2.23. The van der Waals surface area contributed by atoms with Gasteiger partial charge in [-0.1, -0.05) is 32.0 Å². The topological polar surface area (TPSA) is 69.0 Å².